The lowest BCUT2D eigenvalue weighted by atomic mass is 10.1. The van der Waals surface area contributed by atoms with Gasteiger partial charge in [-0.3, -0.25) is 4.79 Å². The molecule has 0 aromatic heterocycles. The average molecular weight is 392 g/mol. The first-order valence-corrected chi connectivity index (χ1v) is 9.84. The van der Waals surface area contributed by atoms with Crippen molar-refractivity contribution in [3.63, 3.8) is 0 Å². The van der Waals surface area contributed by atoms with Gasteiger partial charge in [-0.2, -0.15) is 0 Å². The van der Waals surface area contributed by atoms with E-state index in [2.05, 4.69) is 0 Å². The van der Waals surface area contributed by atoms with Crippen molar-refractivity contribution in [1.29, 1.82) is 0 Å². The lowest BCUT2D eigenvalue weighted by molar-refractivity contribution is 0.0317. The number of hydrogen-bond acceptors (Lipinski definition) is 7. The number of ketones is 1. The molecule has 1 unspecified atom stereocenters. The Balaban J connectivity index is 2.21. The summed E-state index contributed by atoms with van der Waals surface area (Å²) in [4.78, 5) is 24.9. The maximum atomic E-state index is 12.6. The number of ether oxygens (including phenoxy) is 3. The van der Waals surface area contributed by atoms with Crippen LogP contribution >= 0.6 is 0 Å². The van der Waals surface area contributed by atoms with E-state index in [9.17, 15) is 18.0 Å². The highest BCUT2D eigenvalue weighted by molar-refractivity contribution is 7.90. The Morgan fingerprint density at radius 1 is 1.00 bits per heavy atom. The fourth-order valence-electron chi connectivity index (χ4n) is 2.36. The molecule has 0 aliphatic heterocycles. The van der Waals surface area contributed by atoms with Crippen LogP contribution < -0.4 is 9.47 Å². The van der Waals surface area contributed by atoms with Crippen molar-refractivity contribution >= 4 is 21.6 Å². The van der Waals surface area contributed by atoms with Crippen molar-refractivity contribution < 1.29 is 32.2 Å². The van der Waals surface area contributed by atoms with Crippen molar-refractivity contribution in [2.45, 2.75) is 17.9 Å². The summed E-state index contributed by atoms with van der Waals surface area (Å²) in [5, 5.41) is 0. The van der Waals surface area contributed by atoms with E-state index in [-0.39, 0.29) is 16.0 Å². The molecule has 0 saturated heterocycles. The minimum atomic E-state index is -3.47. The number of carbonyl (C=O) groups is 2. The number of carbonyl (C=O) groups excluding carboxylic acids is 2. The highest BCUT2D eigenvalue weighted by atomic mass is 32.2. The second kappa shape index (κ2) is 8.22. The summed E-state index contributed by atoms with van der Waals surface area (Å²) in [5.41, 5.74) is 0.280. The van der Waals surface area contributed by atoms with Crippen LogP contribution in [0.1, 0.15) is 27.6 Å². The minimum Gasteiger partial charge on any atom is -0.497 e. The number of hydrogen-bond donors (Lipinski definition) is 0. The molecule has 0 aliphatic rings. The Kier molecular flexibility index (Phi) is 6.22. The molecule has 2 rings (SSSR count). The summed E-state index contributed by atoms with van der Waals surface area (Å²) in [6, 6.07) is 10.1. The van der Waals surface area contributed by atoms with Crippen LogP contribution in [0.4, 0.5) is 0 Å². The minimum absolute atomic E-state index is 0.00671. The van der Waals surface area contributed by atoms with Crippen molar-refractivity contribution in [2.24, 2.45) is 0 Å². The van der Waals surface area contributed by atoms with Crippen LogP contribution in [0, 0.1) is 0 Å². The molecule has 0 spiro atoms. The standard InChI is InChI=1S/C19H20O7S/c1-12(18(20)16-9-8-14(24-2)11-17(16)25-3)26-19(21)13-6-5-7-15(10-13)27(4,22)23/h5-12H,1-4H3. The van der Waals surface area contributed by atoms with E-state index in [0.29, 0.717) is 11.5 Å². The molecule has 144 valence electrons. The molecule has 0 heterocycles. The van der Waals surface area contributed by atoms with Crippen molar-refractivity contribution in [1.82, 2.24) is 0 Å². The first-order valence-electron chi connectivity index (χ1n) is 7.94. The third-order valence-corrected chi connectivity index (χ3v) is 4.94. The summed E-state index contributed by atoms with van der Waals surface area (Å²) >= 11 is 0. The second-order valence-electron chi connectivity index (χ2n) is 5.78. The van der Waals surface area contributed by atoms with E-state index in [4.69, 9.17) is 14.2 Å². The SMILES string of the molecule is COc1ccc(C(=O)C(C)OC(=O)c2cccc(S(C)(=O)=O)c2)c(OC)c1. The molecule has 0 saturated carbocycles. The van der Waals surface area contributed by atoms with Crippen LogP contribution in [-0.2, 0) is 14.6 Å². The molecule has 0 radical (unpaired) electrons. The molecule has 0 fully saturated rings. The average Bonchev–Trinajstić information content (AvgIpc) is 2.66. The number of sulfone groups is 1. The molecule has 7 nitrogen and oxygen atoms in total. The van der Waals surface area contributed by atoms with E-state index in [0.717, 1.165) is 6.26 Å². The Morgan fingerprint density at radius 2 is 1.70 bits per heavy atom. The lowest BCUT2D eigenvalue weighted by Crippen LogP contribution is -2.25. The summed E-state index contributed by atoms with van der Waals surface area (Å²) < 4.78 is 38.7. The molecule has 2 aromatic carbocycles. The molecule has 1 atom stereocenters. The normalized spacial score (nSPS) is 12.1. The van der Waals surface area contributed by atoms with Gasteiger partial charge in [-0.15, -0.1) is 0 Å². The van der Waals surface area contributed by atoms with Gasteiger partial charge >= 0.3 is 5.97 Å². The second-order valence-corrected chi connectivity index (χ2v) is 7.79. The maximum absolute atomic E-state index is 12.6. The van der Waals surface area contributed by atoms with Crippen LogP contribution in [0.3, 0.4) is 0 Å². The van der Waals surface area contributed by atoms with Gasteiger partial charge in [0.1, 0.15) is 11.5 Å². The van der Waals surface area contributed by atoms with Gasteiger partial charge in [0.05, 0.1) is 30.2 Å². The quantitative estimate of drug-likeness (QED) is 0.528. The van der Waals surface area contributed by atoms with E-state index in [1.807, 2.05) is 0 Å². The van der Waals surface area contributed by atoms with E-state index in [1.54, 1.807) is 12.1 Å². The molecule has 27 heavy (non-hydrogen) atoms. The summed E-state index contributed by atoms with van der Waals surface area (Å²) in [7, 11) is -0.558. The van der Waals surface area contributed by atoms with E-state index in [1.165, 1.54) is 51.5 Å². The van der Waals surface area contributed by atoms with Gasteiger partial charge < -0.3 is 14.2 Å². The lowest BCUT2D eigenvalue weighted by Gasteiger charge is -2.15. The summed E-state index contributed by atoms with van der Waals surface area (Å²) in [6.07, 6.45) is -0.0544. The van der Waals surface area contributed by atoms with Crippen LogP contribution in [-0.4, -0.2) is 46.7 Å². The predicted octanol–water partition coefficient (Wildman–Crippen LogP) is 2.54. The third kappa shape index (κ3) is 4.85. The zero-order valence-electron chi connectivity index (χ0n) is 15.4. The van der Waals surface area contributed by atoms with E-state index < -0.39 is 27.7 Å². The zero-order valence-corrected chi connectivity index (χ0v) is 16.2. The first kappa shape index (κ1) is 20.4. The highest BCUT2D eigenvalue weighted by Crippen LogP contribution is 2.26. The smallest absolute Gasteiger partial charge is 0.338 e. The monoisotopic (exact) mass is 392 g/mol. The Hall–Kier alpha value is -2.87. The Morgan fingerprint density at radius 3 is 2.30 bits per heavy atom. The molecule has 2 aromatic rings. The third-order valence-electron chi connectivity index (χ3n) is 3.83. The Bertz CT molecular complexity index is 964. The number of rotatable bonds is 7. The van der Waals surface area contributed by atoms with Crippen molar-refractivity contribution in [3.8, 4) is 11.5 Å². The molecule has 0 amide bonds. The molecule has 0 aliphatic carbocycles. The fourth-order valence-corrected chi connectivity index (χ4v) is 3.02. The Labute approximate surface area is 157 Å². The number of esters is 1. The molecule has 8 heteroatoms. The van der Waals surface area contributed by atoms with Gasteiger partial charge in [-0.05, 0) is 37.3 Å². The van der Waals surface area contributed by atoms with Crippen LogP contribution in [0.5, 0.6) is 11.5 Å². The van der Waals surface area contributed by atoms with Crippen LogP contribution in [0.2, 0.25) is 0 Å². The van der Waals surface area contributed by atoms with Gasteiger partial charge in [0, 0.05) is 12.3 Å². The molecular formula is C19H20O7S. The van der Waals surface area contributed by atoms with Crippen LogP contribution in [0.15, 0.2) is 47.4 Å². The van der Waals surface area contributed by atoms with Crippen molar-refractivity contribution in [3.05, 3.63) is 53.6 Å². The van der Waals surface area contributed by atoms with Crippen molar-refractivity contribution in [2.75, 3.05) is 20.5 Å². The molecule has 0 N–H and O–H groups in total. The zero-order chi connectivity index (χ0) is 20.2. The van der Waals surface area contributed by atoms with Gasteiger partial charge in [0.15, 0.2) is 15.9 Å². The molecular weight excluding hydrogens is 372 g/mol. The number of benzene rings is 2. The number of Topliss-reactive ketones (excluding diaryl/α,β-unsaturated/α-hetero) is 1. The summed E-state index contributed by atoms with van der Waals surface area (Å²) in [5.74, 6) is -0.442. The fraction of sp³-hybridized carbons (Fsp3) is 0.263. The van der Waals surface area contributed by atoms with Gasteiger partial charge in [-0.25, -0.2) is 13.2 Å². The van der Waals surface area contributed by atoms with Crippen LogP contribution in [0.25, 0.3) is 0 Å². The van der Waals surface area contributed by atoms with Gasteiger partial charge in [0.2, 0.25) is 5.78 Å². The van der Waals surface area contributed by atoms with E-state index >= 15 is 0 Å². The highest BCUT2D eigenvalue weighted by Gasteiger charge is 2.24. The topological polar surface area (TPSA) is 96.0 Å². The molecule has 0 bridgehead atoms. The van der Waals surface area contributed by atoms with Gasteiger partial charge in [0.25, 0.3) is 0 Å². The summed E-state index contributed by atoms with van der Waals surface area (Å²) in [6.45, 7) is 1.43. The predicted molar refractivity (Wildman–Crippen MR) is 98.3 cm³/mol. The maximum Gasteiger partial charge on any atom is 0.338 e. The number of methoxy groups -OCH3 is 2. The largest absolute Gasteiger partial charge is 0.497 e. The first-order chi connectivity index (χ1) is 12.7. The van der Waals surface area contributed by atoms with Gasteiger partial charge in [-0.1, -0.05) is 6.07 Å².